The highest BCUT2D eigenvalue weighted by Gasteiger charge is 2.25. The monoisotopic (exact) mass is 220 g/mol. The van der Waals surface area contributed by atoms with Crippen LogP contribution in [-0.4, -0.2) is 24.3 Å². The Hall–Kier alpha value is -1.60. The number of hydrogen-bond acceptors (Lipinski definition) is 3. The van der Waals surface area contributed by atoms with Gasteiger partial charge in [-0.05, 0) is 31.0 Å². The van der Waals surface area contributed by atoms with E-state index in [0.29, 0.717) is 5.56 Å². The minimum Gasteiger partial charge on any atom is -0.394 e. The molecule has 0 spiro atoms. The number of rotatable bonds is 2. The number of aliphatic hydroxyl groups is 1. The van der Waals surface area contributed by atoms with Crippen LogP contribution in [0.1, 0.15) is 18.4 Å². The largest absolute Gasteiger partial charge is 0.394 e. The molecule has 1 heterocycles. The van der Waals surface area contributed by atoms with Gasteiger partial charge in [-0.1, -0.05) is 0 Å². The van der Waals surface area contributed by atoms with Gasteiger partial charge in [0.25, 0.3) is 0 Å². The lowest BCUT2D eigenvalue weighted by Crippen LogP contribution is -2.32. The fraction of sp³-hybridized carbons (Fsp3) is 0.417. The second kappa shape index (κ2) is 4.50. The maximum Gasteiger partial charge on any atom is 0.124 e. The van der Waals surface area contributed by atoms with Crippen molar-refractivity contribution in [3.63, 3.8) is 0 Å². The lowest BCUT2D eigenvalue weighted by atomic mass is 10.1. The van der Waals surface area contributed by atoms with Crippen molar-refractivity contribution < 1.29 is 9.50 Å². The molecule has 16 heavy (non-hydrogen) atoms. The number of halogens is 1. The van der Waals surface area contributed by atoms with E-state index in [1.54, 1.807) is 6.07 Å². The molecule has 1 aromatic rings. The smallest absolute Gasteiger partial charge is 0.124 e. The molecule has 0 aliphatic carbocycles. The molecule has 1 fully saturated rings. The van der Waals surface area contributed by atoms with Crippen molar-refractivity contribution in [3.05, 3.63) is 29.6 Å². The summed E-state index contributed by atoms with van der Waals surface area (Å²) in [6.45, 7) is 0.883. The first kappa shape index (κ1) is 10.9. The van der Waals surface area contributed by atoms with Crippen molar-refractivity contribution in [1.29, 1.82) is 5.26 Å². The van der Waals surface area contributed by atoms with E-state index >= 15 is 0 Å². The highest BCUT2D eigenvalue weighted by molar-refractivity contribution is 5.60. The Morgan fingerprint density at radius 1 is 1.56 bits per heavy atom. The van der Waals surface area contributed by atoms with Crippen LogP contribution >= 0.6 is 0 Å². The molecular weight excluding hydrogens is 207 g/mol. The number of benzene rings is 1. The van der Waals surface area contributed by atoms with Crippen LogP contribution in [-0.2, 0) is 0 Å². The molecule has 1 N–H and O–H groups in total. The summed E-state index contributed by atoms with van der Waals surface area (Å²) in [6, 6.07) is 6.25. The molecule has 0 amide bonds. The Morgan fingerprint density at radius 3 is 3.06 bits per heavy atom. The molecular formula is C12H13FN2O. The van der Waals surface area contributed by atoms with Crippen molar-refractivity contribution in [3.8, 4) is 6.07 Å². The van der Waals surface area contributed by atoms with Crippen LogP contribution in [0, 0.1) is 17.1 Å². The van der Waals surface area contributed by atoms with Gasteiger partial charge < -0.3 is 10.0 Å². The maximum absolute atomic E-state index is 13.0. The lowest BCUT2D eigenvalue weighted by Gasteiger charge is -2.26. The Labute approximate surface area is 93.7 Å². The summed E-state index contributed by atoms with van der Waals surface area (Å²) in [5.41, 5.74) is 1.06. The van der Waals surface area contributed by atoms with E-state index in [9.17, 15) is 9.50 Å². The first-order valence-corrected chi connectivity index (χ1v) is 5.33. The molecule has 1 atom stereocenters. The molecule has 0 radical (unpaired) electrons. The van der Waals surface area contributed by atoms with Gasteiger partial charge in [-0.2, -0.15) is 5.26 Å². The molecule has 0 unspecified atom stereocenters. The predicted octanol–water partition coefficient (Wildman–Crippen LogP) is 1.66. The summed E-state index contributed by atoms with van der Waals surface area (Å²) in [7, 11) is 0. The zero-order chi connectivity index (χ0) is 11.5. The molecule has 1 aliphatic rings. The molecule has 0 bridgehead atoms. The third-order valence-corrected chi connectivity index (χ3v) is 2.98. The van der Waals surface area contributed by atoms with Gasteiger partial charge in [0.1, 0.15) is 11.9 Å². The Balaban J connectivity index is 2.36. The summed E-state index contributed by atoms with van der Waals surface area (Å²) < 4.78 is 13.0. The van der Waals surface area contributed by atoms with Crippen molar-refractivity contribution >= 4 is 5.69 Å². The molecule has 4 heteroatoms. The topological polar surface area (TPSA) is 47.3 Å². The van der Waals surface area contributed by atoms with Crippen molar-refractivity contribution in [2.45, 2.75) is 18.9 Å². The van der Waals surface area contributed by atoms with Crippen LogP contribution in [0.2, 0.25) is 0 Å². The fourth-order valence-electron chi connectivity index (χ4n) is 2.19. The Morgan fingerprint density at radius 2 is 2.38 bits per heavy atom. The summed E-state index contributed by atoms with van der Waals surface area (Å²) in [5, 5.41) is 18.2. The zero-order valence-corrected chi connectivity index (χ0v) is 8.86. The number of anilines is 1. The maximum atomic E-state index is 13.0. The van der Waals surface area contributed by atoms with Gasteiger partial charge in [0, 0.05) is 6.54 Å². The standard InChI is InChI=1S/C12H13FN2O/c13-10-3-4-12(9(6-10)7-14)15-5-1-2-11(15)8-16/h3-4,6,11,16H,1-2,5,8H2/t11-/m1/s1. The molecule has 1 saturated heterocycles. The van der Waals surface area contributed by atoms with Crippen molar-refractivity contribution in [1.82, 2.24) is 0 Å². The van der Waals surface area contributed by atoms with Crippen molar-refractivity contribution in [2.75, 3.05) is 18.1 Å². The third kappa shape index (κ3) is 1.86. The van der Waals surface area contributed by atoms with E-state index in [1.165, 1.54) is 12.1 Å². The zero-order valence-electron chi connectivity index (χ0n) is 8.86. The average molecular weight is 220 g/mol. The van der Waals surface area contributed by atoms with Gasteiger partial charge in [-0.25, -0.2) is 4.39 Å². The molecule has 3 nitrogen and oxygen atoms in total. The van der Waals surface area contributed by atoms with E-state index < -0.39 is 5.82 Å². The number of hydrogen-bond donors (Lipinski definition) is 1. The number of aliphatic hydroxyl groups excluding tert-OH is 1. The number of nitrogens with zero attached hydrogens (tertiary/aromatic N) is 2. The highest BCUT2D eigenvalue weighted by atomic mass is 19.1. The van der Waals surface area contributed by atoms with Crippen LogP contribution in [0.5, 0.6) is 0 Å². The van der Waals surface area contributed by atoms with E-state index in [2.05, 4.69) is 0 Å². The van der Waals surface area contributed by atoms with Gasteiger partial charge >= 0.3 is 0 Å². The molecule has 84 valence electrons. The average Bonchev–Trinajstić information content (AvgIpc) is 2.76. The quantitative estimate of drug-likeness (QED) is 0.824. The summed E-state index contributed by atoms with van der Waals surface area (Å²) in [6.07, 6.45) is 1.91. The second-order valence-electron chi connectivity index (χ2n) is 3.95. The number of nitriles is 1. The Kier molecular flexibility index (Phi) is 3.07. The van der Waals surface area contributed by atoms with Crippen LogP contribution < -0.4 is 4.90 Å². The van der Waals surface area contributed by atoms with Gasteiger partial charge in [0.15, 0.2) is 0 Å². The van der Waals surface area contributed by atoms with Crippen LogP contribution in [0.25, 0.3) is 0 Å². The third-order valence-electron chi connectivity index (χ3n) is 2.98. The van der Waals surface area contributed by atoms with Crippen LogP contribution in [0.4, 0.5) is 10.1 Å². The predicted molar refractivity (Wildman–Crippen MR) is 58.6 cm³/mol. The van der Waals surface area contributed by atoms with Gasteiger partial charge in [-0.15, -0.1) is 0 Å². The first-order valence-electron chi connectivity index (χ1n) is 5.33. The van der Waals surface area contributed by atoms with E-state index in [1.807, 2.05) is 11.0 Å². The SMILES string of the molecule is N#Cc1cc(F)ccc1N1CCC[C@@H]1CO. The fourth-order valence-corrected chi connectivity index (χ4v) is 2.19. The molecule has 1 aromatic carbocycles. The minimum atomic E-state index is -0.403. The van der Waals surface area contributed by atoms with E-state index in [0.717, 1.165) is 25.1 Å². The Bertz CT molecular complexity index is 428. The minimum absolute atomic E-state index is 0.0533. The highest BCUT2D eigenvalue weighted by Crippen LogP contribution is 2.28. The van der Waals surface area contributed by atoms with E-state index in [-0.39, 0.29) is 12.6 Å². The first-order chi connectivity index (χ1) is 7.76. The summed E-state index contributed by atoms with van der Waals surface area (Å²) in [4.78, 5) is 1.98. The summed E-state index contributed by atoms with van der Waals surface area (Å²) >= 11 is 0. The molecule has 0 aromatic heterocycles. The van der Waals surface area contributed by atoms with Gasteiger partial charge in [0.05, 0.1) is 23.9 Å². The van der Waals surface area contributed by atoms with E-state index in [4.69, 9.17) is 5.26 Å². The van der Waals surface area contributed by atoms with Gasteiger partial charge in [0.2, 0.25) is 0 Å². The second-order valence-corrected chi connectivity index (χ2v) is 3.95. The van der Waals surface area contributed by atoms with Crippen LogP contribution in [0.3, 0.4) is 0 Å². The lowest BCUT2D eigenvalue weighted by molar-refractivity contribution is 0.266. The van der Waals surface area contributed by atoms with Gasteiger partial charge in [-0.3, -0.25) is 0 Å². The normalized spacial score (nSPS) is 19.8. The molecule has 2 rings (SSSR count). The molecule has 0 saturated carbocycles. The molecule has 1 aliphatic heterocycles. The van der Waals surface area contributed by atoms with Crippen LogP contribution in [0.15, 0.2) is 18.2 Å². The van der Waals surface area contributed by atoms with Crippen molar-refractivity contribution in [2.24, 2.45) is 0 Å². The summed E-state index contributed by atoms with van der Waals surface area (Å²) in [5.74, 6) is -0.403.